The molecule has 2 rings (SSSR count). The molecule has 0 atom stereocenters. The summed E-state index contributed by atoms with van der Waals surface area (Å²) < 4.78 is 0. The Labute approximate surface area is 70.1 Å². The van der Waals surface area contributed by atoms with Crippen LogP contribution in [-0.2, 0) is 0 Å². The summed E-state index contributed by atoms with van der Waals surface area (Å²) in [6.45, 7) is 4.16. The summed E-state index contributed by atoms with van der Waals surface area (Å²) in [5.41, 5.74) is 1.46. The second kappa shape index (κ2) is 2.55. The molecule has 2 aromatic heterocycles. The van der Waals surface area contributed by atoms with E-state index in [1.54, 1.807) is 12.4 Å². The predicted octanol–water partition coefficient (Wildman–Crippen LogP) is 1.48. The lowest BCUT2D eigenvalue weighted by Crippen LogP contribution is -1.88. The highest BCUT2D eigenvalue weighted by molar-refractivity contribution is 5.64. The van der Waals surface area contributed by atoms with Crippen molar-refractivity contribution in [3.05, 3.63) is 18.2 Å². The lowest BCUT2D eigenvalue weighted by atomic mass is 10.2. The Hall–Kier alpha value is -1.45. The fourth-order valence-electron chi connectivity index (χ4n) is 1.04. The summed E-state index contributed by atoms with van der Waals surface area (Å²) in [4.78, 5) is 15.6. The lowest BCUT2D eigenvalue weighted by Gasteiger charge is -1.95. The average Bonchev–Trinajstić information content (AvgIpc) is 2.46. The largest absolute Gasteiger partial charge is 0.325 e. The molecule has 62 valence electrons. The van der Waals surface area contributed by atoms with E-state index in [0.29, 0.717) is 11.6 Å². The van der Waals surface area contributed by atoms with Crippen LogP contribution in [0.2, 0.25) is 0 Å². The molecule has 0 amide bonds. The van der Waals surface area contributed by atoms with Crippen LogP contribution in [0.4, 0.5) is 0 Å². The minimum Gasteiger partial charge on any atom is -0.325 e. The van der Waals surface area contributed by atoms with Crippen molar-refractivity contribution in [2.45, 2.75) is 19.8 Å². The lowest BCUT2D eigenvalue weighted by molar-refractivity contribution is 0.797. The van der Waals surface area contributed by atoms with Crippen molar-refractivity contribution in [3.63, 3.8) is 0 Å². The van der Waals surface area contributed by atoms with E-state index in [4.69, 9.17) is 0 Å². The molecule has 0 spiro atoms. The molecule has 12 heavy (non-hydrogen) atoms. The molecule has 0 aliphatic heterocycles. The van der Waals surface area contributed by atoms with E-state index in [1.807, 2.05) is 0 Å². The third-order valence-electron chi connectivity index (χ3n) is 1.70. The van der Waals surface area contributed by atoms with Crippen LogP contribution >= 0.6 is 0 Å². The maximum atomic E-state index is 4.28. The number of aromatic amines is 1. The standard InChI is InChI=1S/C8H10N4/c1-5(2)6-11-7-8(12-6)10-4-3-9-7/h3-5H,1-2H3,(H,9,10,11,12). The van der Waals surface area contributed by atoms with Crippen molar-refractivity contribution in [1.82, 2.24) is 19.9 Å². The topological polar surface area (TPSA) is 54.5 Å². The van der Waals surface area contributed by atoms with Crippen molar-refractivity contribution in [1.29, 1.82) is 0 Å². The van der Waals surface area contributed by atoms with Gasteiger partial charge in [-0.05, 0) is 0 Å². The first kappa shape index (κ1) is 7.21. The second-order valence-electron chi connectivity index (χ2n) is 3.01. The highest BCUT2D eigenvalue weighted by atomic mass is 15.0. The van der Waals surface area contributed by atoms with Gasteiger partial charge in [0.2, 0.25) is 0 Å². The summed E-state index contributed by atoms with van der Waals surface area (Å²) in [7, 11) is 0. The molecule has 0 fully saturated rings. The van der Waals surface area contributed by atoms with E-state index in [9.17, 15) is 0 Å². The molecule has 0 aliphatic rings. The number of aromatic nitrogens is 4. The first-order valence-electron chi connectivity index (χ1n) is 3.94. The molecule has 2 heterocycles. The minimum atomic E-state index is 0.390. The number of nitrogens with zero attached hydrogens (tertiary/aromatic N) is 3. The fraction of sp³-hybridized carbons (Fsp3) is 0.375. The van der Waals surface area contributed by atoms with Crippen LogP contribution in [0.15, 0.2) is 12.4 Å². The first-order chi connectivity index (χ1) is 5.77. The van der Waals surface area contributed by atoms with E-state index in [1.165, 1.54) is 0 Å². The normalized spacial score (nSPS) is 11.2. The molecule has 4 heteroatoms. The Morgan fingerprint density at radius 3 is 2.67 bits per heavy atom. The summed E-state index contributed by atoms with van der Waals surface area (Å²) in [6, 6.07) is 0. The van der Waals surface area contributed by atoms with E-state index in [0.717, 1.165) is 11.5 Å². The molecule has 0 bridgehead atoms. The number of hydrogen-bond donors (Lipinski definition) is 1. The van der Waals surface area contributed by atoms with Crippen LogP contribution in [0.1, 0.15) is 25.6 Å². The molecule has 0 saturated heterocycles. The predicted molar refractivity (Wildman–Crippen MR) is 45.8 cm³/mol. The quantitative estimate of drug-likeness (QED) is 0.690. The third-order valence-corrected chi connectivity index (χ3v) is 1.70. The van der Waals surface area contributed by atoms with Gasteiger partial charge in [-0.1, -0.05) is 13.8 Å². The maximum Gasteiger partial charge on any atom is 0.197 e. The highest BCUT2D eigenvalue weighted by Crippen LogP contribution is 2.12. The Kier molecular flexibility index (Phi) is 1.53. The van der Waals surface area contributed by atoms with Crippen molar-refractivity contribution in [2.75, 3.05) is 0 Å². The van der Waals surface area contributed by atoms with E-state index in [2.05, 4.69) is 33.8 Å². The van der Waals surface area contributed by atoms with Crippen LogP contribution in [0.3, 0.4) is 0 Å². The molecule has 0 aromatic carbocycles. The number of nitrogens with one attached hydrogen (secondary N) is 1. The Morgan fingerprint density at radius 1 is 1.25 bits per heavy atom. The van der Waals surface area contributed by atoms with Crippen molar-refractivity contribution in [2.24, 2.45) is 0 Å². The highest BCUT2D eigenvalue weighted by Gasteiger charge is 2.06. The molecule has 0 radical (unpaired) electrons. The van der Waals surface area contributed by atoms with E-state index in [-0.39, 0.29) is 0 Å². The number of fused-ring (bicyclic) bond motifs is 1. The second-order valence-corrected chi connectivity index (χ2v) is 3.01. The summed E-state index contributed by atoms with van der Waals surface area (Å²) >= 11 is 0. The van der Waals surface area contributed by atoms with Gasteiger partial charge >= 0.3 is 0 Å². The zero-order valence-electron chi connectivity index (χ0n) is 7.07. The molecular formula is C8H10N4. The van der Waals surface area contributed by atoms with Gasteiger partial charge in [0.25, 0.3) is 0 Å². The maximum absolute atomic E-state index is 4.28. The number of imidazole rings is 1. The zero-order valence-corrected chi connectivity index (χ0v) is 7.07. The number of H-pyrrole nitrogens is 1. The van der Waals surface area contributed by atoms with Crippen LogP contribution in [-0.4, -0.2) is 19.9 Å². The van der Waals surface area contributed by atoms with Gasteiger partial charge in [-0.3, -0.25) is 0 Å². The molecule has 2 aromatic rings. The Morgan fingerprint density at radius 2 is 2.00 bits per heavy atom. The summed E-state index contributed by atoms with van der Waals surface area (Å²) in [6.07, 6.45) is 3.30. The van der Waals surface area contributed by atoms with Gasteiger partial charge in [0.1, 0.15) is 5.82 Å². The summed E-state index contributed by atoms with van der Waals surface area (Å²) in [5.74, 6) is 1.33. The minimum absolute atomic E-state index is 0.390. The SMILES string of the molecule is CC(C)c1nc2nccnc2[nH]1. The first-order valence-corrected chi connectivity index (χ1v) is 3.94. The molecule has 4 nitrogen and oxygen atoms in total. The number of hydrogen-bond acceptors (Lipinski definition) is 3. The van der Waals surface area contributed by atoms with Crippen LogP contribution in [0, 0.1) is 0 Å². The molecule has 0 unspecified atom stereocenters. The van der Waals surface area contributed by atoms with Crippen molar-refractivity contribution >= 4 is 11.3 Å². The Bertz CT molecular complexity index is 358. The van der Waals surface area contributed by atoms with Gasteiger partial charge in [-0.2, -0.15) is 0 Å². The van der Waals surface area contributed by atoms with Gasteiger partial charge in [0, 0.05) is 18.3 Å². The molecule has 0 aliphatic carbocycles. The molecular weight excluding hydrogens is 152 g/mol. The van der Waals surface area contributed by atoms with Gasteiger partial charge in [-0.15, -0.1) is 0 Å². The number of rotatable bonds is 1. The smallest absolute Gasteiger partial charge is 0.197 e. The monoisotopic (exact) mass is 162 g/mol. The van der Waals surface area contributed by atoms with Crippen LogP contribution < -0.4 is 0 Å². The van der Waals surface area contributed by atoms with E-state index < -0.39 is 0 Å². The van der Waals surface area contributed by atoms with Gasteiger partial charge < -0.3 is 4.98 Å². The van der Waals surface area contributed by atoms with Gasteiger partial charge in [0.05, 0.1) is 0 Å². The summed E-state index contributed by atoms with van der Waals surface area (Å²) in [5, 5.41) is 0. The van der Waals surface area contributed by atoms with Gasteiger partial charge in [0.15, 0.2) is 11.3 Å². The molecule has 1 N–H and O–H groups in total. The Balaban J connectivity index is 2.62. The van der Waals surface area contributed by atoms with Crippen LogP contribution in [0.5, 0.6) is 0 Å². The third kappa shape index (κ3) is 1.05. The zero-order chi connectivity index (χ0) is 8.55. The van der Waals surface area contributed by atoms with Crippen molar-refractivity contribution in [3.8, 4) is 0 Å². The van der Waals surface area contributed by atoms with E-state index >= 15 is 0 Å². The fourth-order valence-corrected chi connectivity index (χ4v) is 1.04. The average molecular weight is 162 g/mol. The van der Waals surface area contributed by atoms with Crippen molar-refractivity contribution < 1.29 is 0 Å². The van der Waals surface area contributed by atoms with Gasteiger partial charge in [-0.25, -0.2) is 15.0 Å². The molecule has 0 saturated carbocycles. The van der Waals surface area contributed by atoms with Crippen LogP contribution in [0.25, 0.3) is 11.3 Å².